The molecule has 0 N–H and O–H groups in total. The number of ketones is 2. The molecule has 0 radical (unpaired) electrons. The highest BCUT2D eigenvalue weighted by Gasteiger charge is 2.31. The number of halogens is 1. The molecule has 0 unspecified atom stereocenters. The summed E-state index contributed by atoms with van der Waals surface area (Å²) < 4.78 is 0. The number of thioether (sulfide) groups is 1. The summed E-state index contributed by atoms with van der Waals surface area (Å²) in [6, 6.07) is 5.24. The van der Waals surface area contributed by atoms with Gasteiger partial charge in [-0.15, -0.1) is 11.8 Å². The molecule has 1 aliphatic carbocycles. The van der Waals surface area contributed by atoms with E-state index in [4.69, 9.17) is 11.6 Å². The fourth-order valence-electron chi connectivity index (χ4n) is 1.74. The molecule has 0 aromatic heterocycles. The number of Topliss-reactive ketones (excluding diaryl/α,β-unsaturated/α-hetero) is 2. The number of hydrogen-bond acceptors (Lipinski definition) is 3. The Morgan fingerprint density at radius 2 is 2.12 bits per heavy atom. The molecule has 17 heavy (non-hydrogen) atoms. The maximum Gasteiger partial charge on any atom is 0.171 e. The molecule has 0 aliphatic heterocycles. The van der Waals surface area contributed by atoms with E-state index in [1.807, 2.05) is 6.26 Å². The van der Waals surface area contributed by atoms with Crippen molar-refractivity contribution in [1.29, 1.82) is 0 Å². The number of benzene rings is 1. The smallest absolute Gasteiger partial charge is 0.171 e. The van der Waals surface area contributed by atoms with Crippen molar-refractivity contribution in [2.24, 2.45) is 5.92 Å². The topological polar surface area (TPSA) is 34.1 Å². The first-order valence-corrected chi connectivity index (χ1v) is 7.12. The van der Waals surface area contributed by atoms with E-state index in [9.17, 15) is 9.59 Å². The van der Waals surface area contributed by atoms with Gasteiger partial charge >= 0.3 is 0 Å². The van der Waals surface area contributed by atoms with Crippen molar-refractivity contribution in [3.05, 3.63) is 28.8 Å². The maximum atomic E-state index is 12.0. The Morgan fingerprint density at radius 1 is 1.41 bits per heavy atom. The minimum absolute atomic E-state index is 0.0125. The molecule has 1 saturated carbocycles. The zero-order valence-electron chi connectivity index (χ0n) is 9.53. The zero-order valence-corrected chi connectivity index (χ0v) is 11.1. The van der Waals surface area contributed by atoms with Crippen LogP contribution in [0, 0.1) is 5.92 Å². The van der Waals surface area contributed by atoms with Crippen LogP contribution in [-0.2, 0) is 4.79 Å². The third-order valence-corrected chi connectivity index (χ3v) is 4.11. The lowest BCUT2D eigenvalue weighted by molar-refractivity contribution is -0.119. The van der Waals surface area contributed by atoms with Crippen molar-refractivity contribution in [2.75, 3.05) is 6.26 Å². The molecule has 0 saturated heterocycles. The standard InChI is InChI=1S/C13H13ClO2S/c1-17-13-9(3-2-4-10(13)14)12(16)7-11(15)8-5-6-8/h2-4,8H,5-7H2,1H3. The largest absolute Gasteiger partial charge is 0.299 e. The van der Waals surface area contributed by atoms with Crippen LogP contribution in [-0.4, -0.2) is 17.8 Å². The summed E-state index contributed by atoms with van der Waals surface area (Å²) in [5, 5.41) is 0.572. The van der Waals surface area contributed by atoms with Gasteiger partial charge in [0.1, 0.15) is 5.78 Å². The summed E-state index contributed by atoms with van der Waals surface area (Å²) in [7, 11) is 0. The lowest BCUT2D eigenvalue weighted by Gasteiger charge is -2.07. The molecule has 90 valence electrons. The van der Waals surface area contributed by atoms with Crippen LogP contribution in [0.25, 0.3) is 0 Å². The van der Waals surface area contributed by atoms with Crippen LogP contribution in [0.2, 0.25) is 5.02 Å². The Morgan fingerprint density at radius 3 is 2.71 bits per heavy atom. The van der Waals surface area contributed by atoms with Crippen molar-refractivity contribution < 1.29 is 9.59 Å². The Hall–Kier alpha value is -0.800. The Bertz CT molecular complexity index is 466. The van der Waals surface area contributed by atoms with Gasteiger partial charge < -0.3 is 0 Å². The zero-order chi connectivity index (χ0) is 12.4. The number of rotatable bonds is 5. The molecule has 1 fully saturated rings. The highest BCUT2D eigenvalue weighted by Crippen LogP contribution is 2.33. The van der Waals surface area contributed by atoms with Gasteiger partial charge in [-0.05, 0) is 25.2 Å². The molecule has 0 bridgehead atoms. The second kappa shape index (κ2) is 5.23. The Balaban J connectivity index is 2.18. The molecule has 1 aliphatic rings. The van der Waals surface area contributed by atoms with Gasteiger partial charge in [-0.25, -0.2) is 0 Å². The molecule has 0 spiro atoms. The maximum absolute atomic E-state index is 12.0. The van der Waals surface area contributed by atoms with Gasteiger partial charge in [-0.2, -0.15) is 0 Å². The predicted molar refractivity (Wildman–Crippen MR) is 69.9 cm³/mol. The molecule has 2 rings (SSSR count). The van der Waals surface area contributed by atoms with Gasteiger partial charge in [0.05, 0.1) is 11.4 Å². The van der Waals surface area contributed by atoms with Crippen molar-refractivity contribution >= 4 is 34.9 Å². The monoisotopic (exact) mass is 268 g/mol. The van der Waals surface area contributed by atoms with E-state index in [0.29, 0.717) is 10.6 Å². The van der Waals surface area contributed by atoms with E-state index < -0.39 is 0 Å². The van der Waals surface area contributed by atoms with Gasteiger partial charge in [-0.1, -0.05) is 23.7 Å². The first kappa shape index (κ1) is 12.7. The van der Waals surface area contributed by atoms with Gasteiger partial charge in [0, 0.05) is 16.4 Å². The van der Waals surface area contributed by atoms with Crippen LogP contribution >= 0.6 is 23.4 Å². The van der Waals surface area contributed by atoms with Crippen molar-refractivity contribution in [2.45, 2.75) is 24.2 Å². The number of carbonyl (C=O) groups excluding carboxylic acids is 2. The van der Waals surface area contributed by atoms with Crippen molar-refractivity contribution in [3.8, 4) is 0 Å². The second-order valence-corrected chi connectivity index (χ2v) is 5.38. The van der Waals surface area contributed by atoms with E-state index in [0.717, 1.165) is 17.7 Å². The van der Waals surface area contributed by atoms with Crippen molar-refractivity contribution in [1.82, 2.24) is 0 Å². The minimum atomic E-state index is -0.117. The SMILES string of the molecule is CSc1c(Cl)cccc1C(=O)CC(=O)C1CC1. The fraction of sp³-hybridized carbons (Fsp3) is 0.385. The molecule has 1 aromatic rings. The third kappa shape index (κ3) is 2.90. The van der Waals surface area contributed by atoms with Crippen LogP contribution in [0.3, 0.4) is 0 Å². The Labute approximate surface area is 110 Å². The van der Waals surface area contributed by atoms with Crippen LogP contribution in [0.4, 0.5) is 0 Å². The highest BCUT2D eigenvalue weighted by atomic mass is 35.5. The number of carbonyl (C=O) groups is 2. The van der Waals surface area contributed by atoms with Crippen molar-refractivity contribution in [3.63, 3.8) is 0 Å². The van der Waals surface area contributed by atoms with Gasteiger partial charge in [0.2, 0.25) is 0 Å². The predicted octanol–water partition coefficient (Wildman–Crippen LogP) is 3.61. The molecule has 2 nitrogen and oxygen atoms in total. The number of hydrogen-bond donors (Lipinski definition) is 0. The minimum Gasteiger partial charge on any atom is -0.299 e. The van der Waals surface area contributed by atoms with Gasteiger partial charge in [0.15, 0.2) is 5.78 Å². The summed E-state index contributed by atoms with van der Waals surface area (Å²) in [4.78, 5) is 24.4. The molecule has 4 heteroatoms. The fourth-order valence-corrected chi connectivity index (χ4v) is 2.81. The average molecular weight is 269 g/mol. The normalized spacial score (nSPS) is 14.7. The summed E-state index contributed by atoms with van der Waals surface area (Å²) >= 11 is 7.46. The highest BCUT2D eigenvalue weighted by molar-refractivity contribution is 7.98. The van der Waals surface area contributed by atoms with E-state index in [2.05, 4.69) is 0 Å². The second-order valence-electron chi connectivity index (χ2n) is 4.16. The first-order chi connectivity index (χ1) is 8.13. The molecule has 0 atom stereocenters. The Kier molecular flexibility index (Phi) is 3.89. The van der Waals surface area contributed by atoms with Gasteiger partial charge in [0.25, 0.3) is 0 Å². The summed E-state index contributed by atoms with van der Waals surface area (Å²) in [5.41, 5.74) is 0.569. The average Bonchev–Trinajstić information content (AvgIpc) is 3.12. The lowest BCUT2D eigenvalue weighted by atomic mass is 10.0. The van der Waals surface area contributed by atoms with E-state index in [1.54, 1.807) is 18.2 Å². The van der Waals surface area contributed by atoms with Crippen LogP contribution in [0.15, 0.2) is 23.1 Å². The molecular weight excluding hydrogens is 256 g/mol. The van der Waals surface area contributed by atoms with Crippen LogP contribution < -0.4 is 0 Å². The van der Waals surface area contributed by atoms with E-state index in [1.165, 1.54) is 11.8 Å². The molecular formula is C13H13ClO2S. The van der Waals surface area contributed by atoms with E-state index in [-0.39, 0.29) is 23.9 Å². The molecule has 1 aromatic carbocycles. The first-order valence-electron chi connectivity index (χ1n) is 5.52. The quantitative estimate of drug-likeness (QED) is 0.465. The summed E-state index contributed by atoms with van der Waals surface area (Å²) in [5.74, 6) is 0.0895. The van der Waals surface area contributed by atoms with Gasteiger partial charge in [-0.3, -0.25) is 9.59 Å². The summed E-state index contributed by atoms with van der Waals surface area (Å²) in [6.07, 6.45) is 3.77. The van der Waals surface area contributed by atoms with Crippen LogP contribution in [0.5, 0.6) is 0 Å². The summed E-state index contributed by atoms with van der Waals surface area (Å²) in [6.45, 7) is 0. The third-order valence-electron chi connectivity index (χ3n) is 2.84. The van der Waals surface area contributed by atoms with E-state index >= 15 is 0 Å². The lowest BCUT2D eigenvalue weighted by Crippen LogP contribution is -2.10. The molecule has 0 heterocycles. The van der Waals surface area contributed by atoms with Crippen LogP contribution in [0.1, 0.15) is 29.6 Å². The molecule has 0 amide bonds.